The van der Waals surface area contributed by atoms with Crippen LogP contribution in [-0.2, 0) is 0 Å². The number of nitrogens with zero attached hydrogens (tertiary/aromatic N) is 1. The van der Waals surface area contributed by atoms with Crippen molar-refractivity contribution < 1.29 is 10.5 Å². The fraction of sp³-hybridized carbons (Fsp3) is 1.00. The van der Waals surface area contributed by atoms with Crippen molar-refractivity contribution in [2.24, 2.45) is 5.92 Å². The van der Waals surface area contributed by atoms with Crippen molar-refractivity contribution >= 4 is 0 Å². The van der Waals surface area contributed by atoms with E-state index in [1.54, 1.807) is 0 Å². The molecule has 12 heavy (non-hydrogen) atoms. The van der Waals surface area contributed by atoms with Crippen molar-refractivity contribution in [1.29, 1.82) is 0 Å². The van der Waals surface area contributed by atoms with Crippen LogP contribution in [0.1, 0.15) is 33.6 Å². The second-order valence-corrected chi connectivity index (χ2v) is 4.12. The monoisotopic (exact) mass is 175 g/mol. The highest BCUT2D eigenvalue weighted by Crippen LogP contribution is 2.30. The predicted octanol–water partition coefficient (Wildman–Crippen LogP) is 2.14. The average molecular weight is 175 g/mol. The van der Waals surface area contributed by atoms with E-state index in [2.05, 4.69) is 32.7 Å². The first-order valence-corrected chi connectivity index (χ1v) is 4.46. The van der Waals surface area contributed by atoms with Gasteiger partial charge in [-0.15, -0.1) is 0 Å². The van der Waals surface area contributed by atoms with Gasteiger partial charge in [-0.3, -0.25) is 10.5 Å². The smallest absolute Gasteiger partial charge is 0.0175 e. The Kier molecular flexibility index (Phi) is 4.75. The van der Waals surface area contributed by atoms with E-state index >= 15 is 0 Å². The summed E-state index contributed by atoms with van der Waals surface area (Å²) in [6.07, 6.45) is 2.78. The Morgan fingerprint density at radius 2 is 1.83 bits per heavy atom. The second-order valence-electron chi connectivity index (χ2n) is 4.12. The van der Waals surface area contributed by atoms with E-state index in [1.807, 2.05) is 0 Å². The lowest BCUT2D eigenvalue weighted by Crippen LogP contribution is -2.49. The molecule has 0 aromatic rings. The first-order chi connectivity index (χ1) is 5.55. The minimum Gasteiger partial charge on any atom is -0.301 e. The summed E-state index contributed by atoms with van der Waals surface area (Å²) < 4.78 is 0. The highest BCUT2D eigenvalue weighted by molar-refractivity contribution is 4.88. The summed E-state index contributed by atoms with van der Waals surface area (Å²) in [5, 5.41) is 12.0. The van der Waals surface area contributed by atoms with E-state index in [9.17, 15) is 0 Å². The van der Waals surface area contributed by atoms with Crippen molar-refractivity contribution in [2.45, 2.75) is 39.2 Å². The molecule has 1 aliphatic rings. The number of hydrogen-bond donors (Lipinski definition) is 2. The van der Waals surface area contributed by atoms with E-state index in [4.69, 9.17) is 10.5 Å². The van der Waals surface area contributed by atoms with Gasteiger partial charge in [0.15, 0.2) is 0 Å². The van der Waals surface area contributed by atoms with Crippen LogP contribution in [0.4, 0.5) is 0 Å². The molecule has 0 amide bonds. The van der Waals surface area contributed by atoms with Gasteiger partial charge in [-0.2, -0.15) is 0 Å². The normalized spacial score (nSPS) is 29.0. The lowest BCUT2D eigenvalue weighted by Gasteiger charge is -2.44. The lowest BCUT2D eigenvalue weighted by molar-refractivity contribution is -0.176. The van der Waals surface area contributed by atoms with Gasteiger partial charge in [0.2, 0.25) is 0 Å². The minimum atomic E-state index is 0.429. The Hall–Kier alpha value is -0.120. The second kappa shape index (κ2) is 4.80. The quantitative estimate of drug-likeness (QED) is 0.438. The molecular formula is C9H21NO2. The van der Waals surface area contributed by atoms with Gasteiger partial charge in [-0.1, -0.05) is 6.92 Å². The minimum absolute atomic E-state index is 0.429. The highest BCUT2D eigenvalue weighted by Gasteiger charge is 2.32. The molecule has 0 saturated carbocycles. The molecule has 1 fully saturated rings. The Morgan fingerprint density at radius 1 is 1.33 bits per heavy atom. The molecule has 74 valence electrons. The Bertz CT molecular complexity index is 114. The van der Waals surface area contributed by atoms with E-state index < -0.39 is 0 Å². The van der Waals surface area contributed by atoms with Crippen LogP contribution in [0.5, 0.6) is 0 Å². The summed E-state index contributed by atoms with van der Waals surface area (Å²) in [5.74, 6) is 0.853. The van der Waals surface area contributed by atoms with Gasteiger partial charge >= 0.3 is 0 Å². The van der Waals surface area contributed by atoms with Crippen LogP contribution < -0.4 is 0 Å². The summed E-state index contributed by atoms with van der Waals surface area (Å²) in [6, 6.07) is 0. The summed E-state index contributed by atoms with van der Waals surface area (Å²) in [5.41, 5.74) is 0.429. The largest absolute Gasteiger partial charge is 0.301 e. The number of likely N-dealkylation sites (tertiary alicyclic amines) is 1. The number of piperidine rings is 1. The van der Waals surface area contributed by atoms with E-state index in [1.165, 1.54) is 19.4 Å². The summed E-state index contributed by atoms with van der Waals surface area (Å²) in [6.45, 7) is 8.32. The van der Waals surface area contributed by atoms with Crippen LogP contribution in [0.15, 0.2) is 0 Å². The Labute approximate surface area is 74.9 Å². The molecule has 0 aromatic heterocycles. The molecular weight excluding hydrogens is 154 g/mol. The standard InChI is InChI=1S/C9H19N.H2O2/c1-8-6-5-7-10(4)9(8,2)3;1-2/h8H,5-7H2,1-4H3;1-2H. The van der Waals surface area contributed by atoms with Crippen LogP contribution in [0.3, 0.4) is 0 Å². The highest BCUT2D eigenvalue weighted by atomic mass is 17.0. The van der Waals surface area contributed by atoms with E-state index in [0.717, 1.165) is 5.92 Å². The molecule has 0 radical (unpaired) electrons. The molecule has 3 nitrogen and oxygen atoms in total. The van der Waals surface area contributed by atoms with Crippen molar-refractivity contribution in [3.05, 3.63) is 0 Å². The molecule has 0 spiro atoms. The Morgan fingerprint density at radius 3 is 2.17 bits per heavy atom. The van der Waals surface area contributed by atoms with Crippen LogP contribution in [0.25, 0.3) is 0 Å². The predicted molar refractivity (Wildman–Crippen MR) is 50.4 cm³/mol. The van der Waals surface area contributed by atoms with Crippen molar-refractivity contribution in [2.75, 3.05) is 13.6 Å². The third kappa shape index (κ3) is 2.44. The SMILES string of the molecule is CC1CCCN(C)C1(C)C.OO. The molecule has 1 rings (SSSR count). The summed E-state index contributed by atoms with van der Waals surface area (Å²) >= 11 is 0. The zero-order valence-electron chi connectivity index (χ0n) is 8.54. The summed E-state index contributed by atoms with van der Waals surface area (Å²) in [4.78, 5) is 2.47. The van der Waals surface area contributed by atoms with Gasteiger partial charge in [-0.25, -0.2) is 0 Å². The lowest BCUT2D eigenvalue weighted by atomic mass is 9.81. The van der Waals surface area contributed by atoms with Gasteiger partial charge in [0.05, 0.1) is 0 Å². The van der Waals surface area contributed by atoms with Gasteiger partial charge < -0.3 is 4.90 Å². The number of hydrogen-bond acceptors (Lipinski definition) is 3. The zero-order chi connectivity index (χ0) is 9.78. The van der Waals surface area contributed by atoms with Crippen molar-refractivity contribution in [3.8, 4) is 0 Å². The molecule has 1 aliphatic heterocycles. The molecule has 1 heterocycles. The molecule has 0 bridgehead atoms. The number of rotatable bonds is 0. The maximum atomic E-state index is 6.00. The molecule has 1 saturated heterocycles. The topological polar surface area (TPSA) is 43.7 Å². The molecule has 2 N–H and O–H groups in total. The third-order valence-electron chi connectivity index (χ3n) is 3.32. The van der Waals surface area contributed by atoms with Crippen LogP contribution in [-0.4, -0.2) is 34.5 Å². The summed E-state index contributed by atoms with van der Waals surface area (Å²) in [7, 11) is 2.23. The molecule has 0 aliphatic carbocycles. The van der Waals surface area contributed by atoms with Gasteiger partial charge in [0.1, 0.15) is 0 Å². The average Bonchev–Trinajstić information content (AvgIpc) is 2.05. The molecule has 3 heteroatoms. The zero-order valence-corrected chi connectivity index (χ0v) is 8.54. The molecule has 1 unspecified atom stereocenters. The van der Waals surface area contributed by atoms with Crippen LogP contribution in [0.2, 0.25) is 0 Å². The Balaban J connectivity index is 0.000000561. The van der Waals surface area contributed by atoms with E-state index in [0.29, 0.717) is 5.54 Å². The molecule has 0 aromatic carbocycles. The van der Waals surface area contributed by atoms with Crippen LogP contribution >= 0.6 is 0 Å². The first-order valence-electron chi connectivity index (χ1n) is 4.46. The van der Waals surface area contributed by atoms with Gasteiger partial charge in [0, 0.05) is 5.54 Å². The third-order valence-corrected chi connectivity index (χ3v) is 3.32. The van der Waals surface area contributed by atoms with Gasteiger partial charge in [-0.05, 0) is 46.2 Å². The fourth-order valence-corrected chi connectivity index (χ4v) is 1.65. The molecule has 1 atom stereocenters. The van der Waals surface area contributed by atoms with E-state index in [-0.39, 0.29) is 0 Å². The maximum Gasteiger partial charge on any atom is 0.0175 e. The van der Waals surface area contributed by atoms with Crippen LogP contribution in [0, 0.1) is 5.92 Å². The van der Waals surface area contributed by atoms with Crippen molar-refractivity contribution in [3.63, 3.8) is 0 Å². The fourth-order valence-electron chi connectivity index (χ4n) is 1.65. The van der Waals surface area contributed by atoms with Crippen molar-refractivity contribution in [1.82, 2.24) is 4.90 Å². The maximum absolute atomic E-state index is 6.00. The van der Waals surface area contributed by atoms with Gasteiger partial charge in [0.25, 0.3) is 0 Å². The first kappa shape index (κ1) is 11.9.